The summed E-state index contributed by atoms with van der Waals surface area (Å²) in [5.41, 5.74) is 1.12. The number of ether oxygens (including phenoxy) is 4. The van der Waals surface area contributed by atoms with Gasteiger partial charge in [0.2, 0.25) is 0 Å². The number of esters is 4. The van der Waals surface area contributed by atoms with Crippen LogP contribution in [0.3, 0.4) is 0 Å². The molecule has 0 amide bonds. The average molecular weight is 1260 g/mol. The Kier molecular flexibility index (Phi) is 71.1. The maximum absolute atomic E-state index is 12.7. The average Bonchev–Trinajstić information content (AvgIpc) is 3.56. The minimum atomic E-state index is -0.0854. The first-order valence-electron chi connectivity index (χ1n) is 39.5. The fourth-order valence-corrected chi connectivity index (χ4v) is 12.3. The zero-order chi connectivity index (χ0) is 65.7. The molecule has 0 aromatic carbocycles. The van der Waals surface area contributed by atoms with Crippen molar-refractivity contribution in [2.24, 2.45) is 5.92 Å². The topological polar surface area (TPSA) is 125 Å². The Bertz CT molecular complexity index is 1350. The summed E-state index contributed by atoms with van der Waals surface area (Å²) in [6.07, 6.45) is 65.8. The SMILES string of the molecule is C=C(CCCC(=O)OC(CCCCCCC)CCCCCCC)CCCC(=O)OC(CCCCCCC)CCCCCCC.CCCCCCCC(CCCCCCC)OC(=O)CCCC(CO)CCCC(=O)OC(CCCCCCC)CCCCCCC. The van der Waals surface area contributed by atoms with Crippen molar-refractivity contribution >= 4 is 23.9 Å². The molecule has 0 aromatic heterocycles. The predicted octanol–water partition coefficient (Wildman–Crippen LogP) is 25.3. The summed E-state index contributed by atoms with van der Waals surface area (Å²) in [6, 6.07) is 0. The van der Waals surface area contributed by atoms with Crippen LogP contribution in [0.1, 0.15) is 441 Å². The van der Waals surface area contributed by atoms with Gasteiger partial charge in [0.05, 0.1) is 0 Å². The van der Waals surface area contributed by atoms with E-state index in [0.29, 0.717) is 25.7 Å². The van der Waals surface area contributed by atoms with Crippen LogP contribution in [0.5, 0.6) is 0 Å². The summed E-state index contributed by atoms with van der Waals surface area (Å²) in [4.78, 5) is 50.7. The summed E-state index contributed by atoms with van der Waals surface area (Å²) in [7, 11) is 0. The Morgan fingerprint density at radius 3 is 0.607 bits per heavy atom. The molecule has 0 aromatic rings. The number of aliphatic hydroxyl groups is 1. The Balaban J connectivity index is 0. The zero-order valence-electron chi connectivity index (χ0n) is 60.9. The standard InChI is InChI=1S/C40H78O5.C40H76O4/c1-5-9-13-17-21-29-37(30-22-18-14-10-6-2)44-39(42)33-25-27-36(35-41)28-26-34-40(43)45-38(31-23-19-15-11-7-3)32-24-20-16-12-8-4;1-6-10-14-18-22-30-37(31-23-19-15-11-7-2)43-39(41)34-26-28-36(5)29-27-35-40(42)44-38(32-24-20-16-12-8-3)33-25-21-17-13-9-4/h36-38,41H,5-35H2,1-4H3;37-38H,5-35H2,1-4H3. The number of hydrogen-bond donors (Lipinski definition) is 1. The fourth-order valence-electron chi connectivity index (χ4n) is 12.3. The molecule has 0 aliphatic rings. The third-order valence-electron chi connectivity index (χ3n) is 18.3. The van der Waals surface area contributed by atoms with Gasteiger partial charge in [-0.2, -0.15) is 0 Å². The molecule has 0 rings (SSSR count). The molecule has 0 aliphatic heterocycles. The number of allylic oxidation sites excluding steroid dienone is 1. The van der Waals surface area contributed by atoms with Crippen LogP contribution in [0, 0.1) is 5.92 Å². The summed E-state index contributed by atoms with van der Waals surface area (Å²) in [5, 5.41) is 9.95. The first kappa shape index (κ1) is 88.6. The van der Waals surface area contributed by atoms with Gasteiger partial charge in [0, 0.05) is 32.3 Å². The zero-order valence-corrected chi connectivity index (χ0v) is 60.9. The molecule has 0 heterocycles. The molecule has 1 N–H and O–H groups in total. The molecule has 9 heteroatoms. The maximum atomic E-state index is 12.7. The van der Waals surface area contributed by atoms with E-state index in [2.05, 4.69) is 62.0 Å². The highest BCUT2D eigenvalue weighted by Gasteiger charge is 2.20. The molecule has 0 radical (unpaired) electrons. The van der Waals surface area contributed by atoms with Gasteiger partial charge in [0.1, 0.15) is 24.4 Å². The second-order valence-corrected chi connectivity index (χ2v) is 27.4. The van der Waals surface area contributed by atoms with Gasteiger partial charge in [0.25, 0.3) is 0 Å². The Labute approximate surface area is 554 Å². The van der Waals surface area contributed by atoms with Crippen LogP contribution >= 0.6 is 0 Å². The van der Waals surface area contributed by atoms with Crippen molar-refractivity contribution in [1.29, 1.82) is 0 Å². The van der Waals surface area contributed by atoms with Gasteiger partial charge >= 0.3 is 23.9 Å². The lowest BCUT2D eigenvalue weighted by Gasteiger charge is -2.19. The van der Waals surface area contributed by atoms with Crippen molar-refractivity contribution in [3.05, 3.63) is 12.2 Å². The lowest BCUT2D eigenvalue weighted by Crippen LogP contribution is -2.19. The largest absolute Gasteiger partial charge is 0.462 e. The number of carbonyl (C=O) groups excluding carboxylic acids is 4. The molecule has 9 nitrogen and oxygen atoms in total. The molecular formula is C80H154O9. The lowest BCUT2D eigenvalue weighted by molar-refractivity contribution is -0.151. The summed E-state index contributed by atoms with van der Waals surface area (Å²) < 4.78 is 23.8. The monoisotopic (exact) mass is 1260 g/mol. The number of unbranched alkanes of at least 4 members (excludes halogenated alkanes) is 32. The van der Waals surface area contributed by atoms with E-state index in [4.69, 9.17) is 18.9 Å². The number of carbonyl (C=O) groups is 4. The van der Waals surface area contributed by atoms with Crippen LogP contribution in [-0.4, -0.2) is 60.0 Å². The van der Waals surface area contributed by atoms with E-state index in [1.807, 2.05) is 0 Å². The summed E-state index contributed by atoms with van der Waals surface area (Å²) in [6.45, 7) is 22.2. The smallest absolute Gasteiger partial charge is 0.306 e. The molecule has 0 spiro atoms. The van der Waals surface area contributed by atoms with E-state index in [1.54, 1.807) is 0 Å². The van der Waals surface area contributed by atoms with E-state index in [9.17, 15) is 24.3 Å². The molecule has 0 unspecified atom stereocenters. The quantitative estimate of drug-likeness (QED) is 0.0274. The van der Waals surface area contributed by atoms with Crippen LogP contribution in [-0.2, 0) is 38.1 Å². The second-order valence-electron chi connectivity index (χ2n) is 27.4. The Morgan fingerprint density at radius 2 is 0.427 bits per heavy atom. The first-order chi connectivity index (χ1) is 43.5. The maximum Gasteiger partial charge on any atom is 0.306 e. The van der Waals surface area contributed by atoms with Crippen molar-refractivity contribution in [2.75, 3.05) is 6.61 Å². The van der Waals surface area contributed by atoms with E-state index >= 15 is 0 Å². The van der Waals surface area contributed by atoms with Gasteiger partial charge in [-0.15, -0.1) is 0 Å². The molecule has 89 heavy (non-hydrogen) atoms. The molecule has 0 atom stereocenters. The molecule has 0 saturated heterocycles. The van der Waals surface area contributed by atoms with Crippen LogP contribution in [0.2, 0.25) is 0 Å². The summed E-state index contributed by atoms with van der Waals surface area (Å²) in [5.74, 6) is -0.157. The molecule has 528 valence electrons. The van der Waals surface area contributed by atoms with E-state index in [0.717, 1.165) is 160 Å². The van der Waals surface area contributed by atoms with Gasteiger partial charge in [-0.3, -0.25) is 19.2 Å². The van der Waals surface area contributed by atoms with E-state index in [-0.39, 0.29) is 60.8 Å². The van der Waals surface area contributed by atoms with Crippen LogP contribution in [0.15, 0.2) is 12.2 Å². The van der Waals surface area contributed by atoms with Gasteiger partial charge < -0.3 is 24.1 Å². The predicted molar refractivity (Wildman–Crippen MR) is 382 cm³/mol. The molecule has 0 aliphatic carbocycles. The highest BCUT2D eigenvalue weighted by atomic mass is 16.6. The number of rotatable bonds is 69. The second kappa shape index (κ2) is 71.4. The Morgan fingerprint density at radius 1 is 0.247 bits per heavy atom. The minimum absolute atomic E-state index is 0.0519. The minimum Gasteiger partial charge on any atom is -0.462 e. The van der Waals surface area contributed by atoms with Crippen molar-refractivity contribution in [1.82, 2.24) is 0 Å². The third-order valence-corrected chi connectivity index (χ3v) is 18.3. The van der Waals surface area contributed by atoms with Gasteiger partial charge in [-0.05, 0) is 160 Å². The molecule has 0 fully saturated rings. The first-order valence-corrected chi connectivity index (χ1v) is 39.5. The van der Waals surface area contributed by atoms with E-state index in [1.165, 1.54) is 205 Å². The molecule has 0 bridgehead atoms. The van der Waals surface area contributed by atoms with Gasteiger partial charge in [-0.25, -0.2) is 0 Å². The highest BCUT2D eigenvalue weighted by Crippen LogP contribution is 2.24. The number of aliphatic hydroxyl groups excluding tert-OH is 1. The van der Waals surface area contributed by atoms with Gasteiger partial charge in [-0.1, -0.05) is 273 Å². The van der Waals surface area contributed by atoms with Crippen molar-refractivity contribution < 1.29 is 43.2 Å². The highest BCUT2D eigenvalue weighted by molar-refractivity contribution is 5.70. The summed E-state index contributed by atoms with van der Waals surface area (Å²) >= 11 is 0. The van der Waals surface area contributed by atoms with Crippen molar-refractivity contribution in [3.63, 3.8) is 0 Å². The van der Waals surface area contributed by atoms with Crippen LogP contribution in [0.25, 0.3) is 0 Å². The molecule has 0 saturated carbocycles. The molecular weight excluding hydrogens is 1100 g/mol. The van der Waals surface area contributed by atoms with Gasteiger partial charge in [0.15, 0.2) is 0 Å². The Hall–Kier alpha value is -2.42. The van der Waals surface area contributed by atoms with Crippen molar-refractivity contribution in [3.8, 4) is 0 Å². The fraction of sp³-hybridized carbons (Fsp3) is 0.925. The van der Waals surface area contributed by atoms with Crippen LogP contribution < -0.4 is 0 Å². The normalized spacial score (nSPS) is 11.5. The third kappa shape index (κ3) is 65.4. The van der Waals surface area contributed by atoms with E-state index < -0.39 is 0 Å². The van der Waals surface area contributed by atoms with Crippen molar-refractivity contribution in [2.45, 2.75) is 465 Å². The lowest BCUT2D eigenvalue weighted by atomic mass is 9.96. The number of hydrogen-bond acceptors (Lipinski definition) is 9. The van der Waals surface area contributed by atoms with Crippen LogP contribution in [0.4, 0.5) is 0 Å².